The number of hydrogen-bond acceptors (Lipinski definition) is 6. The SMILES string of the molecule is COc1cc2c(cc1OC)C(=O)C(C)(C)N(C[C@@H](O)COc1ccccc1)C2. The molecule has 0 spiro atoms. The number of aliphatic hydroxyl groups is 1. The number of rotatable bonds is 7. The lowest BCUT2D eigenvalue weighted by Crippen LogP contribution is -2.55. The number of fused-ring (bicyclic) bond motifs is 1. The maximum Gasteiger partial charge on any atom is 0.182 e. The van der Waals surface area contributed by atoms with Gasteiger partial charge in [0.05, 0.1) is 19.8 Å². The summed E-state index contributed by atoms with van der Waals surface area (Å²) in [7, 11) is 3.12. The number of Topliss-reactive ketones (excluding diaryl/α,β-unsaturated/α-hetero) is 1. The van der Waals surface area contributed by atoms with Gasteiger partial charge in [0.2, 0.25) is 0 Å². The van der Waals surface area contributed by atoms with Crippen LogP contribution in [0.5, 0.6) is 17.2 Å². The normalized spacial score (nSPS) is 17.0. The van der Waals surface area contributed by atoms with E-state index < -0.39 is 11.6 Å². The minimum absolute atomic E-state index is 0.00844. The first-order valence-corrected chi connectivity index (χ1v) is 9.27. The minimum atomic E-state index is -0.750. The summed E-state index contributed by atoms with van der Waals surface area (Å²) in [6.07, 6.45) is -0.728. The second kappa shape index (κ2) is 8.20. The number of para-hydroxylation sites is 1. The second-order valence-electron chi connectivity index (χ2n) is 7.41. The summed E-state index contributed by atoms with van der Waals surface area (Å²) < 4.78 is 16.3. The predicted octanol–water partition coefficient (Wildman–Crippen LogP) is 2.92. The Hall–Kier alpha value is -2.57. The van der Waals surface area contributed by atoms with Crippen LogP contribution in [0.3, 0.4) is 0 Å². The molecule has 3 rings (SSSR count). The van der Waals surface area contributed by atoms with Crippen LogP contribution in [0.25, 0.3) is 0 Å². The molecule has 1 atom stereocenters. The smallest absolute Gasteiger partial charge is 0.182 e. The summed E-state index contributed by atoms with van der Waals surface area (Å²) in [4.78, 5) is 15.1. The zero-order valence-corrected chi connectivity index (χ0v) is 16.8. The topological polar surface area (TPSA) is 68.2 Å². The van der Waals surface area contributed by atoms with Gasteiger partial charge in [-0.05, 0) is 43.7 Å². The van der Waals surface area contributed by atoms with Gasteiger partial charge < -0.3 is 19.3 Å². The highest BCUT2D eigenvalue weighted by Gasteiger charge is 2.41. The van der Waals surface area contributed by atoms with E-state index in [9.17, 15) is 9.90 Å². The Kier molecular flexibility index (Phi) is 5.91. The largest absolute Gasteiger partial charge is 0.493 e. The standard InChI is InChI=1S/C22H27NO5/c1-22(2)21(25)18-11-20(27-4)19(26-3)10-15(18)12-23(22)13-16(24)14-28-17-8-6-5-7-9-17/h5-11,16,24H,12-14H2,1-4H3/t16-/m1/s1. The molecule has 1 N–H and O–H groups in total. The molecule has 2 aromatic rings. The Morgan fingerprint density at radius 1 is 1.11 bits per heavy atom. The van der Waals surface area contributed by atoms with Crippen molar-refractivity contribution in [3.63, 3.8) is 0 Å². The number of hydrogen-bond donors (Lipinski definition) is 1. The molecule has 0 radical (unpaired) electrons. The predicted molar refractivity (Wildman–Crippen MR) is 106 cm³/mol. The van der Waals surface area contributed by atoms with Crippen molar-refractivity contribution in [2.24, 2.45) is 0 Å². The molecular weight excluding hydrogens is 358 g/mol. The first-order valence-electron chi connectivity index (χ1n) is 9.27. The lowest BCUT2D eigenvalue weighted by atomic mass is 9.83. The third-order valence-corrected chi connectivity index (χ3v) is 5.18. The summed E-state index contributed by atoms with van der Waals surface area (Å²) in [6.45, 7) is 4.75. The fraction of sp³-hybridized carbons (Fsp3) is 0.409. The zero-order chi connectivity index (χ0) is 20.3. The second-order valence-corrected chi connectivity index (χ2v) is 7.41. The molecule has 0 saturated heterocycles. The molecule has 0 amide bonds. The van der Waals surface area contributed by atoms with Gasteiger partial charge in [-0.1, -0.05) is 18.2 Å². The molecule has 6 nitrogen and oxygen atoms in total. The van der Waals surface area contributed by atoms with Crippen LogP contribution in [-0.4, -0.2) is 54.8 Å². The number of carbonyl (C=O) groups is 1. The van der Waals surface area contributed by atoms with Crippen LogP contribution >= 0.6 is 0 Å². The molecule has 2 aromatic carbocycles. The molecule has 0 bridgehead atoms. The first kappa shape index (κ1) is 20.2. The van der Waals surface area contributed by atoms with Crippen LogP contribution in [0, 0.1) is 0 Å². The molecule has 0 fully saturated rings. The fourth-order valence-electron chi connectivity index (χ4n) is 3.45. The Morgan fingerprint density at radius 2 is 1.75 bits per heavy atom. The summed E-state index contributed by atoms with van der Waals surface area (Å²) in [5.74, 6) is 1.82. The maximum atomic E-state index is 13.1. The average molecular weight is 385 g/mol. The van der Waals surface area contributed by atoms with Crippen molar-refractivity contribution in [3.05, 3.63) is 53.6 Å². The Balaban J connectivity index is 1.76. The quantitative estimate of drug-likeness (QED) is 0.790. The van der Waals surface area contributed by atoms with Gasteiger partial charge in [-0.25, -0.2) is 0 Å². The van der Waals surface area contributed by atoms with Gasteiger partial charge in [0.1, 0.15) is 18.5 Å². The van der Waals surface area contributed by atoms with Crippen LogP contribution in [0.15, 0.2) is 42.5 Å². The zero-order valence-electron chi connectivity index (χ0n) is 16.8. The number of ketones is 1. The maximum absolute atomic E-state index is 13.1. The molecule has 28 heavy (non-hydrogen) atoms. The van der Waals surface area contributed by atoms with E-state index in [-0.39, 0.29) is 12.4 Å². The van der Waals surface area contributed by atoms with Crippen LogP contribution in [0.2, 0.25) is 0 Å². The monoisotopic (exact) mass is 385 g/mol. The summed E-state index contributed by atoms with van der Waals surface area (Å²) in [5, 5.41) is 10.5. The number of β-amino-alcohol motifs (C(OH)–C–C–N with tert-alkyl or cyclic N) is 1. The summed E-state index contributed by atoms with van der Waals surface area (Å²) >= 11 is 0. The molecule has 0 saturated carbocycles. The number of methoxy groups -OCH3 is 2. The number of aliphatic hydroxyl groups excluding tert-OH is 1. The van der Waals surface area contributed by atoms with Gasteiger partial charge in [0.15, 0.2) is 17.3 Å². The van der Waals surface area contributed by atoms with Gasteiger partial charge in [-0.15, -0.1) is 0 Å². The van der Waals surface area contributed by atoms with Crippen molar-refractivity contribution in [1.29, 1.82) is 0 Å². The van der Waals surface area contributed by atoms with Crippen LogP contribution < -0.4 is 14.2 Å². The van der Waals surface area contributed by atoms with Crippen molar-refractivity contribution in [2.75, 3.05) is 27.4 Å². The highest BCUT2D eigenvalue weighted by Crippen LogP contribution is 2.37. The van der Waals surface area contributed by atoms with E-state index in [0.29, 0.717) is 35.9 Å². The average Bonchev–Trinajstić information content (AvgIpc) is 2.70. The molecule has 0 aromatic heterocycles. The molecule has 1 aliphatic heterocycles. The Bertz CT molecular complexity index is 834. The Labute approximate surface area is 165 Å². The van der Waals surface area contributed by atoms with E-state index >= 15 is 0 Å². The summed E-state index contributed by atoms with van der Waals surface area (Å²) in [5.41, 5.74) is 0.743. The van der Waals surface area contributed by atoms with Crippen LogP contribution in [0.4, 0.5) is 0 Å². The van der Waals surface area contributed by atoms with E-state index in [2.05, 4.69) is 0 Å². The Morgan fingerprint density at radius 3 is 2.39 bits per heavy atom. The van der Waals surface area contributed by atoms with Gasteiger partial charge in [-0.2, -0.15) is 0 Å². The summed E-state index contributed by atoms with van der Waals surface area (Å²) in [6, 6.07) is 12.9. The first-order chi connectivity index (χ1) is 13.4. The lowest BCUT2D eigenvalue weighted by molar-refractivity contribution is 0.0182. The fourth-order valence-corrected chi connectivity index (χ4v) is 3.45. The molecule has 0 unspecified atom stereocenters. The van der Waals surface area contributed by atoms with Crippen LogP contribution in [0.1, 0.15) is 29.8 Å². The third kappa shape index (κ3) is 3.98. The van der Waals surface area contributed by atoms with Crippen molar-refractivity contribution in [2.45, 2.75) is 32.0 Å². The lowest BCUT2D eigenvalue weighted by Gasteiger charge is -2.42. The van der Waals surface area contributed by atoms with E-state index in [1.807, 2.05) is 55.1 Å². The van der Waals surface area contributed by atoms with Crippen molar-refractivity contribution in [1.82, 2.24) is 4.90 Å². The number of carbonyl (C=O) groups excluding carboxylic acids is 1. The van der Waals surface area contributed by atoms with E-state index in [1.165, 1.54) is 0 Å². The third-order valence-electron chi connectivity index (χ3n) is 5.18. The highest BCUT2D eigenvalue weighted by atomic mass is 16.5. The van der Waals surface area contributed by atoms with Gasteiger partial charge >= 0.3 is 0 Å². The van der Waals surface area contributed by atoms with Crippen molar-refractivity contribution in [3.8, 4) is 17.2 Å². The molecule has 1 heterocycles. The molecule has 1 aliphatic rings. The number of benzene rings is 2. The number of ether oxygens (including phenoxy) is 3. The number of nitrogens with zero attached hydrogens (tertiary/aromatic N) is 1. The van der Waals surface area contributed by atoms with Crippen molar-refractivity contribution < 1.29 is 24.1 Å². The van der Waals surface area contributed by atoms with E-state index in [0.717, 1.165) is 5.56 Å². The van der Waals surface area contributed by atoms with Gasteiger partial charge in [0.25, 0.3) is 0 Å². The molecule has 6 heteroatoms. The molecule has 150 valence electrons. The van der Waals surface area contributed by atoms with Gasteiger partial charge in [0, 0.05) is 18.7 Å². The van der Waals surface area contributed by atoms with Crippen molar-refractivity contribution >= 4 is 5.78 Å². The van der Waals surface area contributed by atoms with Gasteiger partial charge in [-0.3, -0.25) is 9.69 Å². The minimum Gasteiger partial charge on any atom is -0.493 e. The van der Waals surface area contributed by atoms with Crippen LogP contribution in [-0.2, 0) is 6.54 Å². The van der Waals surface area contributed by atoms with E-state index in [1.54, 1.807) is 20.3 Å². The van der Waals surface area contributed by atoms with E-state index in [4.69, 9.17) is 14.2 Å². The molecule has 0 aliphatic carbocycles. The molecular formula is C22H27NO5. The highest BCUT2D eigenvalue weighted by molar-refractivity contribution is 6.05.